The minimum absolute atomic E-state index is 0.0512. The number of thioether (sulfide) groups is 1. The van der Waals surface area contributed by atoms with Crippen molar-refractivity contribution >= 4 is 17.7 Å². The quantitative estimate of drug-likeness (QED) is 0.580. The van der Waals surface area contributed by atoms with Crippen LogP contribution in [0.5, 0.6) is 5.75 Å². The van der Waals surface area contributed by atoms with Crippen LogP contribution < -0.4 is 4.74 Å². The van der Waals surface area contributed by atoms with Crippen LogP contribution in [0.3, 0.4) is 0 Å². The number of rotatable bonds is 5. The molecule has 28 heavy (non-hydrogen) atoms. The average Bonchev–Trinajstić information content (AvgIpc) is 3.23. The van der Waals surface area contributed by atoms with Gasteiger partial charge in [0.15, 0.2) is 0 Å². The van der Waals surface area contributed by atoms with Gasteiger partial charge in [-0.05, 0) is 41.8 Å². The lowest BCUT2D eigenvalue weighted by atomic mass is 10.1. The van der Waals surface area contributed by atoms with Gasteiger partial charge in [0.05, 0.1) is 0 Å². The van der Waals surface area contributed by atoms with E-state index in [4.69, 9.17) is 4.74 Å². The Hall–Kier alpha value is -2.72. The molecule has 1 atom stereocenters. The molecule has 1 heterocycles. The molecule has 0 aromatic heterocycles. The monoisotopic (exact) mass is 389 g/mol. The molecule has 0 radical (unpaired) electrons. The van der Waals surface area contributed by atoms with E-state index in [2.05, 4.69) is 24.3 Å². The van der Waals surface area contributed by atoms with Gasteiger partial charge in [-0.3, -0.25) is 4.79 Å². The zero-order valence-electron chi connectivity index (χ0n) is 15.9. The number of aryl methyl sites for hydroxylation is 1. The Balaban J connectivity index is 1.46. The molecule has 1 saturated heterocycles. The van der Waals surface area contributed by atoms with Crippen LogP contribution >= 0.6 is 11.8 Å². The molecular formula is C24H23NO2S. The van der Waals surface area contributed by atoms with Crippen molar-refractivity contribution < 1.29 is 9.53 Å². The number of carbonyl (C=O) groups is 1. The molecule has 0 bridgehead atoms. The van der Waals surface area contributed by atoms with Crippen molar-refractivity contribution in [3.05, 3.63) is 101 Å². The third kappa shape index (κ3) is 4.07. The Morgan fingerprint density at radius 1 is 1.00 bits per heavy atom. The third-order valence-electron chi connectivity index (χ3n) is 4.94. The lowest BCUT2D eigenvalue weighted by Gasteiger charge is -2.25. The highest BCUT2D eigenvalue weighted by Crippen LogP contribution is 2.39. The zero-order valence-corrected chi connectivity index (χ0v) is 16.7. The standard InChI is InChI=1S/C24H23NO2S/c1-18-7-5-6-10-22(18)23(26)25-15-16-28-24(25)20-11-13-21(14-12-20)27-17-19-8-3-2-4-9-19/h2-14,24H,15-17H2,1H3. The summed E-state index contributed by atoms with van der Waals surface area (Å²) < 4.78 is 5.88. The lowest BCUT2D eigenvalue weighted by molar-refractivity contribution is 0.0759. The lowest BCUT2D eigenvalue weighted by Crippen LogP contribution is -2.30. The van der Waals surface area contributed by atoms with Gasteiger partial charge in [-0.15, -0.1) is 11.8 Å². The Morgan fingerprint density at radius 2 is 1.71 bits per heavy atom. The van der Waals surface area contributed by atoms with Gasteiger partial charge in [-0.2, -0.15) is 0 Å². The summed E-state index contributed by atoms with van der Waals surface area (Å²) in [5, 5.41) is 0.0512. The summed E-state index contributed by atoms with van der Waals surface area (Å²) in [7, 11) is 0. The average molecular weight is 390 g/mol. The van der Waals surface area contributed by atoms with Crippen molar-refractivity contribution in [2.45, 2.75) is 18.9 Å². The molecule has 3 nitrogen and oxygen atoms in total. The maximum atomic E-state index is 13.1. The summed E-state index contributed by atoms with van der Waals surface area (Å²) in [5.41, 5.74) is 4.09. The Morgan fingerprint density at radius 3 is 2.46 bits per heavy atom. The summed E-state index contributed by atoms with van der Waals surface area (Å²) in [6, 6.07) is 26.1. The largest absolute Gasteiger partial charge is 0.489 e. The topological polar surface area (TPSA) is 29.5 Å². The molecule has 3 aromatic rings. The fourth-order valence-corrected chi connectivity index (χ4v) is 4.65. The number of hydrogen-bond donors (Lipinski definition) is 0. The second-order valence-corrected chi connectivity index (χ2v) is 8.07. The van der Waals surface area contributed by atoms with E-state index >= 15 is 0 Å². The van der Waals surface area contributed by atoms with Crippen molar-refractivity contribution in [1.29, 1.82) is 0 Å². The van der Waals surface area contributed by atoms with E-state index in [1.165, 1.54) is 0 Å². The summed E-state index contributed by atoms with van der Waals surface area (Å²) in [5.74, 6) is 1.90. The molecular weight excluding hydrogens is 366 g/mol. The Bertz CT molecular complexity index is 940. The minimum atomic E-state index is 0.0512. The SMILES string of the molecule is Cc1ccccc1C(=O)N1CCSC1c1ccc(OCc2ccccc2)cc1. The second-order valence-electron chi connectivity index (χ2n) is 6.88. The van der Waals surface area contributed by atoms with Crippen molar-refractivity contribution in [1.82, 2.24) is 4.90 Å². The minimum Gasteiger partial charge on any atom is -0.489 e. The third-order valence-corrected chi connectivity index (χ3v) is 6.20. The van der Waals surface area contributed by atoms with Crippen molar-refractivity contribution in [3.8, 4) is 5.75 Å². The van der Waals surface area contributed by atoms with Gasteiger partial charge in [0.25, 0.3) is 5.91 Å². The number of carbonyl (C=O) groups excluding carboxylic acids is 1. The van der Waals surface area contributed by atoms with E-state index in [1.54, 1.807) is 0 Å². The van der Waals surface area contributed by atoms with Gasteiger partial charge in [0.2, 0.25) is 0 Å². The van der Waals surface area contributed by atoms with Gasteiger partial charge < -0.3 is 9.64 Å². The molecule has 0 aliphatic carbocycles. The molecule has 3 aromatic carbocycles. The second kappa shape index (κ2) is 8.53. The van der Waals surface area contributed by atoms with Crippen LogP contribution in [0, 0.1) is 6.92 Å². The van der Waals surface area contributed by atoms with Crippen LogP contribution in [0.15, 0.2) is 78.9 Å². The van der Waals surface area contributed by atoms with Gasteiger partial charge in [-0.1, -0.05) is 60.7 Å². The molecule has 4 rings (SSSR count). The van der Waals surface area contributed by atoms with E-state index in [-0.39, 0.29) is 11.3 Å². The molecule has 0 saturated carbocycles. The molecule has 1 amide bonds. The molecule has 0 N–H and O–H groups in total. The number of hydrogen-bond acceptors (Lipinski definition) is 3. The van der Waals surface area contributed by atoms with Crippen LogP contribution in [-0.4, -0.2) is 23.1 Å². The van der Waals surface area contributed by atoms with Crippen molar-refractivity contribution in [3.63, 3.8) is 0 Å². The Kier molecular flexibility index (Phi) is 5.68. The number of benzene rings is 3. The highest BCUT2D eigenvalue weighted by Gasteiger charge is 2.31. The Labute approximate surface area is 170 Å². The van der Waals surface area contributed by atoms with Crippen molar-refractivity contribution in [2.24, 2.45) is 0 Å². The number of amides is 1. The van der Waals surface area contributed by atoms with Gasteiger partial charge in [0, 0.05) is 17.9 Å². The predicted octanol–water partition coefficient (Wildman–Crippen LogP) is 5.46. The predicted molar refractivity (Wildman–Crippen MR) is 115 cm³/mol. The summed E-state index contributed by atoms with van der Waals surface area (Å²) in [6.07, 6.45) is 0. The molecule has 142 valence electrons. The fourth-order valence-electron chi connectivity index (χ4n) is 3.39. The van der Waals surface area contributed by atoms with Crippen LogP contribution in [-0.2, 0) is 6.61 Å². The van der Waals surface area contributed by atoms with Crippen LogP contribution in [0.2, 0.25) is 0 Å². The van der Waals surface area contributed by atoms with E-state index in [1.807, 2.05) is 78.2 Å². The maximum Gasteiger partial charge on any atom is 0.255 e. The first-order chi connectivity index (χ1) is 13.7. The summed E-state index contributed by atoms with van der Waals surface area (Å²) in [4.78, 5) is 15.0. The number of ether oxygens (including phenoxy) is 1. The summed E-state index contributed by atoms with van der Waals surface area (Å²) in [6.45, 7) is 3.31. The highest BCUT2D eigenvalue weighted by atomic mass is 32.2. The molecule has 1 aliphatic rings. The molecule has 0 spiro atoms. The van der Waals surface area contributed by atoms with Crippen LogP contribution in [0.25, 0.3) is 0 Å². The fraction of sp³-hybridized carbons (Fsp3) is 0.208. The number of nitrogens with zero attached hydrogens (tertiary/aromatic N) is 1. The van der Waals surface area contributed by atoms with E-state index in [0.29, 0.717) is 6.61 Å². The summed E-state index contributed by atoms with van der Waals surface area (Å²) >= 11 is 1.81. The van der Waals surface area contributed by atoms with E-state index in [9.17, 15) is 4.79 Å². The van der Waals surface area contributed by atoms with E-state index < -0.39 is 0 Å². The molecule has 4 heteroatoms. The molecule has 1 fully saturated rings. The molecule has 1 unspecified atom stereocenters. The van der Waals surface area contributed by atoms with E-state index in [0.717, 1.165) is 40.3 Å². The maximum absolute atomic E-state index is 13.1. The van der Waals surface area contributed by atoms with Crippen molar-refractivity contribution in [2.75, 3.05) is 12.3 Å². The zero-order chi connectivity index (χ0) is 19.3. The van der Waals surface area contributed by atoms with Crippen LogP contribution in [0.1, 0.15) is 32.4 Å². The smallest absolute Gasteiger partial charge is 0.255 e. The first kappa shape index (κ1) is 18.6. The normalized spacial score (nSPS) is 16.2. The first-order valence-electron chi connectivity index (χ1n) is 9.47. The first-order valence-corrected chi connectivity index (χ1v) is 10.5. The van der Waals surface area contributed by atoms with Crippen LogP contribution in [0.4, 0.5) is 0 Å². The van der Waals surface area contributed by atoms with Gasteiger partial charge in [0.1, 0.15) is 17.7 Å². The van der Waals surface area contributed by atoms with Gasteiger partial charge >= 0.3 is 0 Å². The molecule has 1 aliphatic heterocycles. The van der Waals surface area contributed by atoms with Gasteiger partial charge in [-0.25, -0.2) is 0 Å². The highest BCUT2D eigenvalue weighted by molar-refractivity contribution is 7.99.